The predicted octanol–water partition coefficient (Wildman–Crippen LogP) is 2.44. The van der Waals surface area contributed by atoms with Crippen LogP contribution in [0.5, 0.6) is 0 Å². The van der Waals surface area contributed by atoms with Gasteiger partial charge in [-0.25, -0.2) is 0 Å². The molecule has 84 valence electrons. The van der Waals surface area contributed by atoms with Crippen LogP contribution in [0.2, 0.25) is 0 Å². The zero-order chi connectivity index (χ0) is 10.6. The maximum Gasteiger partial charge on any atom is 0.0518 e. The molecule has 1 unspecified atom stereocenters. The summed E-state index contributed by atoms with van der Waals surface area (Å²) in [6.45, 7) is 8.63. The second-order valence-electron chi connectivity index (χ2n) is 5.13. The van der Waals surface area contributed by atoms with Gasteiger partial charge in [0.05, 0.1) is 6.10 Å². The Bertz CT molecular complexity index is 166. The molecule has 0 spiro atoms. The molecule has 1 fully saturated rings. The third-order valence-electron chi connectivity index (χ3n) is 3.27. The fraction of sp³-hybridized carbons (Fsp3) is 1.00. The molecule has 0 aromatic heterocycles. The Morgan fingerprint density at radius 1 is 1.43 bits per heavy atom. The molecule has 0 saturated heterocycles. The third-order valence-corrected chi connectivity index (χ3v) is 3.27. The van der Waals surface area contributed by atoms with Crippen LogP contribution >= 0.6 is 0 Å². The summed E-state index contributed by atoms with van der Waals surface area (Å²) in [6, 6.07) is 0. The van der Waals surface area contributed by atoms with Crippen LogP contribution < -0.4 is 5.32 Å². The van der Waals surface area contributed by atoms with Crippen molar-refractivity contribution in [3.63, 3.8) is 0 Å². The Labute approximate surface area is 88.4 Å². The molecule has 1 rings (SSSR count). The topological polar surface area (TPSA) is 21.3 Å². The molecule has 0 radical (unpaired) electrons. The van der Waals surface area contributed by atoms with Crippen LogP contribution in [0, 0.1) is 11.3 Å². The molecule has 2 heteroatoms. The molecule has 1 saturated carbocycles. The largest absolute Gasteiger partial charge is 0.379 e. The van der Waals surface area contributed by atoms with Crippen LogP contribution in [0.4, 0.5) is 0 Å². The Morgan fingerprint density at radius 3 is 2.50 bits per heavy atom. The summed E-state index contributed by atoms with van der Waals surface area (Å²) < 4.78 is 5.63. The molecule has 0 bridgehead atoms. The fourth-order valence-corrected chi connectivity index (χ4v) is 2.15. The molecule has 1 aliphatic rings. The van der Waals surface area contributed by atoms with Crippen LogP contribution in [0.15, 0.2) is 0 Å². The summed E-state index contributed by atoms with van der Waals surface area (Å²) >= 11 is 0. The number of rotatable bonds is 7. The maximum absolute atomic E-state index is 5.63. The number of ether oxygens (including phenoxy) is 1. The van der Waals surface area contributed by atoms with Crippen LogP contribution in [0.3, 0.4) is 0 Å². The van der Waals surface area contributed by atoms with Gasteiger partial charge >= 0.3 is 0 Å². The summed E-state index contributed by atoms with van der Waals surface area (Å²) in [6.07, 6.45) is 4.39. The fourth-order valence-electron chi connectivity index (χ4n) is 2.15. The second-order valence-corrected chi connectivity index (χ2v) is 5.13. The molecule has 1 atom stereocenters. The zero-order valence-corrected chi connectivity index (χ0v) is 10.1. The highest BCUT2D eigenvalue weighted by molar-refractivity contribution is 4.92. The molecule has 0 aromatic rings. The van der Waals surface area contributed by atoms with Crippen molar-refractivity contribution in [3.8, 4) is 0 Å². The normalized spacial score (nSPS) is 21.2. The maximum atomic E-state index is 5.63. The molecular weight excluding hydrogens is 174 g/mol. The number of nitrogens with one attached hydrogen (secondary N) is 1. The van der Waals surface area contributed by atoms with Gasteiger partial charge in [-0.05, 0) is 51.5 Å². The SMILES string of the molecule is CNCC(C)(CCOC(C)C)C1CC1. The molecule has 1 N–H and O–H groups in total. The van der Waals surface area contributed by atoms with E-state index in [2.05, 4.69) is 26.1 Å². The van der Waals surface area contributed by atoms with Crippen molar-refractivity contribution in [2.45, 2.75) is 46.1 Å². The minimum atomic E-state index is 0.369. The minimum absolute atomic E-state index is 0.369. The van der Waals surface area contributed by atoms with Gasteiger partial charge in [0, 0.05) is 13.2 Å². The molecule has 1 aliphatic carbocycles. The van der Waals surface area contributed by atoms with E-state index in [9.17, 15) is 0 Å². The van der Waals surface area contributed by atoms with Crippen molar-refractivity contribution < 1.29 is 4.74 Å². The molecule has 0 aliphatic heterocycles. The zero-order valence-electron chi connectivity index (χ0n) is 10.1. The molecule has 2 nitrogen and oxygen atoms in total. The van der Waals surface area contributed by atoms with Crippen molar-refractivity contribution in [1.29, 1.82) is 0 Å². The van der Waals surface area contributed by atoms with E-state index in [0.29, 0.717) is 11.5 Å². The van der Waals surface area contributed by atoms with Gasteiger partial charge in [0.15, 0.2) is 0 Å². The van der Waals surface area contributed by atoms with Gasteiger partial charge in [0.1, 0.15) is 0 Å². The highest BCUT2D eigenvalue weighted by Gasteiger charge is 2.40. The predicted molar refractivity (Wildman–Crippen MR) is 60.5 cm³/mol. The van der Waals surface area contributed by atoms with E-state index in [-0.39, 0.29) is 0 Å². The monoisotopic (exact) mass is 199 g/mol. The summed E-state index contributed by atoms with van der Waals surface area (Å²) in [5.74, 6) is 0.936. The lowest BCUT2D eigenvalue weighted by Crippen LogP contribution is -2.33. The first-order valence-electron chi connectivity index (χ1n) is 5.84. The molecule has 0 aromatic carbocycles. The summed E-state index contributed by atoms with van der Waals surface area (Å²) in [5.41, 5.74) is 0.462. The van der Waals surface area contributed by atoms with Gasteiger partial charge in [-0.2, -0.15) is 0 Å². The van der Waals surface area contributed by atoms with E-state index in [1.54, 1.807) is 0 Å². The van der Waals surface area contributed by atoms with Crippen molar-refractivity contribution in [3.05, 3.63) is 0 Å². The molecule has 14 heavy (non-hydrogen) atoms. The van der Waals surface area contributed by atoms with Crippen LogP contribution in [-0.4, -0.2) is 26.3 Å². The summed E-state index contributed by atoms with van der Waals surface area (Å²) in [7, 11) is 2.05. The van der Waals surface area contributed by atoms with E-state index in [0.717, 1.165) is 19.1 Å². The number of hydrogen-bond acceptors (Lipinski definition) is 2. The first-order chi connectivity index (χ1) is 6.58. The smallest absolute Gasteiger partial charge is 0.0518 e. The van der Waals surface area contributed by atoms with Crippen molar-refractivity contribution in [2.24, 2.45) is 11.3 Å². The lowest BCUT2D eigenvalue weighted by atomic mass is 9.81. The quantitative estimate of drug-likeness (QED) is 0.680. The summed E-state index contributed by atoms with van der Waals surface area (Å²) in [4.78, 5) is 0. The first-order valence-corrected chi connectivity index (χ1v) is 5.84. The molecule has 0 heterocycles. The Balaban J connectivity index is 2.27. The van der Waals surface area contributed by atoms with Crippen molar-refractivity contribution in [2.75, 3.05) is 20.2 Å². The first kappa shape index (κ1) is 12.0. The van der Waals surface area contributed by atoms with Gasteiger partial charge in [-0.1, -0.05) is 6.92 Å². The standard InChI is InChI=1S/C12H25NO/c1-10(2)14-8-7-12(3,9-13-4)11-5-6-11/h10-11,13H,5-9H2,1-4H3. The third kappa shape index (κ3) is 3.58. The van der Waals surface area contributed by atoms with Gasteiger partial charge in [-0.3, -0.25) is 0 Å². The number of hydrogen-bond donors (Lipinski definition) is 1. The molecule has 0 amide bonds. The average Bonchev–Trinajstić information content (AvgIpc) is 2.85. The Kier molecular flexibility index (Phi) is 4.39. The second kappa shape index (κ2) is 5.13. The highest BCUT2D eigenvalue weighted by atomic mass is 16.5. The molecular formula is C12H25NO. The van der Waals surface area contributed by atoms with Crippen molar-refractivity contribution >= 4 is 0 Å². The van der Waals surface area contributed by atoms with E-state index < -0.39 is 0 Å². The minimum Gasteiger partial charge on any atom is -0.379 e. The lowest BCUT2D eigenvalue weighted by molar-refractivity contribution is 0.0493. The van der Waals surface area contributed by atoms with E-state index in [1.807, 2.05) is 7.05 Å². The van der Waals surface area contributed by atoms with Gasteiger partial charge in [-0.15, -0.1) is 0 Å². The van der Waals surface area contributed by atoms with E-state index in [4.69, 9.17) is 4.74 Å². The van der Waals surface area contributed by atoms with Crippen LogP contribution in [-0.2, 0) is 4.74 Å². The van der Waals surface area contributed by atoms with Crippen LogP contribution in [0.1, 0.15) is 40.0 Å². The van der Waals surface area contributed by atoms with E-state index in [1.165, 1.54) is 19.3 Å². The average molecular weight is 199 g/mol. The highest BCUT2D eigenvalue weighted by Crippen LogP contribution is 2.47. The van der Waals surface area contributed by atoms with Crippen LogP contribution in [0.25, 0.3) is 0 Å². The van der Waals surface area contributed by atoms with Crippen molar-refractivity contribution in [1.82, 2.24) is 5.32 Å². The Morgan fingerprint density at radius 2 is 2.07 bits per heavy atom. The lowest BCUT2D eigenvalue weighted by Gasteiger charge is -2.29. The van der Waals surface area contributed by atoms with Gasteiger partial charge < -0.3 is 10.1 Å². The summed E-state index contributed by atoms with van der Waals surface area (Å²) in [5, 5.41) is 3.31. The van der Waals surface area contributed by atoms with E-state index >= 15 is 0 Å². The van der Waals surface area contributed by atoms with Gasteiger partial charge in [0.25, 0.3) is 0 Å². The Hall–Kier alpha value is -0.0800. The van der Waals surface area contributed by atoms with Gasteiger partial charge in [0.2, 0.25) is 0 Å².